The van der Waals surface area contributed by atoms with Crippen LogP contribution in [0.25, 0.3) is 5.57 Å². The Morgan fingerprint density at radius 3 is 2.04 bits per heavy atom. The fraction of sp³-hybridized carbons (Fsp3) is 0.529. The summed E-state index contributed by atoms with van der Waals surface area (Å²) in [7, 11) is -1.04. The fourth-order valence-electron chi connectivity index (χ4n) is 2.75. The maximum absolute atomic E-state index is 14.6. The second-order valence-electron chi connectivity index (χ2n) is 7.00. The summed E-state index contributed by atoms with van der Waals surface area (Å²) in [5, 5.41) is 0. The molecule has 0 aliphatic carbocycles. The van der Waals surface area contributed by atoms with Gasteiger partial charge >= 0.3 is 7.12 Å². The number of benzene rings is 1. The SMILES string of the molecule is CC1(C)OB(c2c(F)cc(C3=CCOCC3)cc2F)OC1(C)C. The summed E-state index contributed by atoms with van der Waals surface area (Å²) in [6.45, 7) is 8.44. The summed E-state index contributed by atoms with van der Waals surface area (Å²) in [6.07, 6.45) is 2.50. The second kappa shape index (κ2) is 5.69. The van der Waals surface area contributed by atoms with Gasteiger partial charge in [-0.3, -0.25) is 0 Å². The van der Waals surface area contributed by atoms with E-state index in [-0.39, 0.29) is 5.46 Å². The second-order valence-corrected chi connectivity index (χ2v) is 7.00. The topological polar surface area (TPSA) is 27.7 Å². The van der Waals surface area contributed by atoms with E-state index in [0.717, 1.165) is 5.57 Å². The van der Waals surface area contributed by atoms with Crippen LogP contribution in [0.2, 0.25) is 0 Å². The van der Waals surface area contributed by atoms with Crippen molar-refractivity contribution >= 4 is 18.2 Å². The smallest absolute Gasteiger partial charge is 0.399 e. The molecule has 0 aromatic heterocycles. The molecule has 23 heavy (non-hydrogen) atoms. The van der Waals surface area contributed by atoms with Gasteiger partial charge < -0.3 is 14.0 Å². The monoisotopic (exact) mass is 322 g/mol. The highest BCUT2D eigenvalue weighted by atomic mass is 19.1. The van der Waals surface area contributed by atoms with E-state index in [1.165, 1.54) is 12.1 Å². The molecule has 0 N–H and O–H groups in total. The van der Waals surface area contributed by atoms with Gasteiger partial charge in [-0.05, 0) is 57.4 Å². The zero-order valence-corrected chi connectivity index (χ0v) is 13.9. The number of ether oxygens (including phenoxy) is 1. The molecule has 124 valence electrons. The Kier molecular flexibility index (Phi) is 4.11. The summed E-state index contributed by atoms with van der Waals surface area (Å²) >= 11 is 0. The summed E-state index contributed by atoms with van der Waals surface area (Å²) in [5.41, 5.74) is -0.00478. The van der Waals surface area contributed by atoms with Gasteiger partial charge in [0.05, 0.1) is 29.9 Å². The molecule has 0 amide bonds. The molecule has 0 atom stereocenters. The van der Waals surface area contributed by atoms with Crippen LogP contribution in [-0.4, -0.2) is 31.5 Å². The Hall–Kier alpha value is -1.24. The van der Waals surface area contributed by atoms with Crippen LogP contribution in [0, 0.1) is 11.6 Å². The minimum atomic E-state index is -1.04. The summed E-state index contributed by atoms with van der Waals surface area (Å²) in [6, 6.07) is 2.70. The first kappa shape index (κ1) is 16.6. The van der Waals surface area contributed by atoms with Crippen molar-refractivity contribution in [2.24, 2.45) is 0 Å². The maximum atomic E-state index is 14.6. The van der Waals surface area contributed by atoms with Gasteiger partial charge in [0, 0.05) is 0 Å². The lowest BCUT2D eigenvalue weighted by atomic mass is 9.77. The van der Waals surface area contributed by atoms with Gasteiger partial charge in [0.25, 0.3) is 0 Å². The zero-order chi connectivity index (χ0) is 16.8. The van der Waals surface area contributed by atoms with Crippen molar-refractivity contribution in [2.75, 3.05) is 13.2 Å². The van der Waals surface area contributed by atoms with Crippen LogP contribution in [0.15, 0.2) is 18.2 Å². The van der Waals surface area contributed by atoms with Gasteiger partial charge in [-0.1, -0.05) is 6.08 Å². The van der Waals surface area contributed by atoms with E-state index < -0.39 is 30.0 Å². The third-order valence-corrected chi connectivity index (χ3v) is 4.90. The van der Waals surface area contributed by atoms with E-state index in [4.69, 9.17) is 14.0 Å². The molecule has 2 aliphatic rings. The Labute approximate surface area is 135 Å². The highest BCUT2D eigenvalue weighted by molar-refractivity contribution is 6.62. The highest BCUT2D eigenvalue weighted by Gasteiger charge is 2.53. The Balaban J connectivity index is 1.94. The molecule has 0 saturated carbocycles. The summed E-state index contributed by atoms with van der Waals surface area (Å²) in [4.78, 5) is 0. The minimum Gasteiger partial charge on any atom is -0.399 e. The zero-order valence-electron chi connectivity index (χ0n) is 13.9. The third kappa shape index (κ3) is 2.95. The van der Waals surface area contributed by atoms with Crippen LogP contribution in [0.5, 0.6) is 0 Å². The molecule has 2 aliphatic heterocycles. The third-order valence-electron chi connectivity index (χ3n) is 4.90. The van der Waals surface area contributed by atoms with Crippen molar-refractivity contribution in [2.45, 2.75) is 45.3 Å². The van der Waals surface area contributed by atoms with Crippen LogP contribution in [0.4, 0.5) is 8.78 Å². The Morgan fingerprint density at radius 1 is 1.00 bits per heavy atom. The molecule has 0 radical (unpaired) electrons. The molecule has 1 saturated heterocycles. The van der Waals surface area contributed by atoms with E-state index in [0.29, 0.717) is 25.2 Å². The lowest BCUT2D eigenvalue weighted by molar-refractivity contribution is 0.00578. The number of rotatable bonds is 2. The van der Waals surface area contributed by atoms with Crippen molar-refractivity contribution in [1.82, 2.24) is 0 Å². The number of hydrogen-bond donors (Lipinski definition) is 0. The van der Waals surface area contributed by atoms with E-state index in [2.05, 4.69) is 0 Å². The maximum Gasteiger partial charge on any atom is 0.500 e. The average Bonchev–Trinajstić information content (AvgIpc) is 2.67. The van der Waals surface area contributed by atoms with Gasteiger partial charge in [0.1, 0.15) is 11.6 Å². The molecule has 1 aromatic rings. The van der Waals surface area contributed by atoms with E-state index in [1.54, 1.807) is 0 Å². The fourth-order valence-corrected chi connectivity index (χ4v) is 2.75. The van der Waals surface area contributed by atoms with Crippen LogP contribution in [-0.2, 0) is 14.0 Å². The van der Waals surface area contributed by atoms with Crippen molar-refractivity contribution in [3.8, 4) is 0 Å². The first-order chi connectivity index (χ1) is 10.7. The van der Waals surface area contributed by atoms with Gasteiger partial charge in [-0.2, -0.15) is 0 Å². The predicted octanol–water partition coefficient (Wildman–Crippen LogP) is 3.07. The minimum absolute atomic E-state index is 0.167. The molecule has 6 heteroatoms. The number of halogens is 2. The summed E-state index contributed by atoms with van der Waals surface area (Å²) < 4.78 is 45.9. The van der Waals surface area contributed by atoms with Crippen molar-refractivity contribution in [3.05, 3.63) is 35.4 Å². The first-order valence-electron chi connectivity index (χ1n) is 7.83. The first-order valence-corrected chi connectivity index (χ1v) is 7.83. The summed E-state index contributed by atoms with van der Waals surface area (Å²) in [5.74, 6) is -1.29. The van der Waals surface area contributed by atoms with Gasteiger partial charge in [0.2, 0.25) is 0 Å². The molecular formula is C17H21BF2O3. The molecular weight excluding hydrogens is 301 g/mol. The van der Waals surface area contributed by atoms with Gasteiger partial charge in [-0.15, -0.1) is 0 Å². The highest BCUT2D eigenvalue weighted by Crippen LogP contribution is 2.37. The van der Waals surface area contributed by atoms with Gasteiger partial charge in [0.15, 0.2) is 0 Å². The van der Waals surface area contributed by atoms with Crippen molar-refractivity contribution < 1.29 is 22.8 Å². The van der Waals surface area contributed by atoms with Crippen molar-refractivity contribution in [1.29, 1.82) is 0 Å². The predicted molar refractivity (Wildman–Crippen MR) is 85.5 cm³/mol. The van der Waals surface area contributed by atoms with E-state index in [9.17, 15) is 8.78 Å². The largest absolute Gasteiger partial charge is 0.500 e. The quantitative estimate of drug-likeness (QED) is 0.783. The lowest BCUT2D eigenvalue weighted by Gasteiger charge is -2.32. The number of hydrogen-bond acceptors (Lipinski definition) is 3. The standard InChI is InChI=1S/C17H21BF2O3/c1-16(2)17(3,4)23-18(22-16)15-13(19)9-12(10-14(15)20)11-5-7-21-8-6-11/h5,9-10H,6-8H2,1-4H3. The van der Waals surface area contributed by atoms with Crippen LogP contribution in [0.3, 0.4) is 0 Å². The van der Waals surface area contributed by atoms with Crippen LogP contribution < -0.4 is 5.46 Å². The molecule has 0 unspecified atom stereocenters. The van der Waals surface area contributed by atoms with Gasteiger partial charge in [-0.25, -0.2) is 8.78 Å². The lowest BCUT2D eigenvalue weighted by Crippen LogP contribution is -2.41. The Morgan fingerprint density at radius 2 is 1.57 bits per heavy atom. The van der Waals surface area contributed by atoms with E-state index in [1.807, 2.05) is 33.8 Å². The normalized spacial score (nSPS) is 23.0. The molecule has 3 rings (SSSR count). The van der Waals surface area contributed by atoms with Crippen LogP contribution >= 0.6 is 0 Å². The molecule has 2 heterocycles. The van der Waals surface area contributed by atoms with Crippen molar-refractivity contribution in [3.63, 3.8) is 0 Å². The van der Waals surface area contributed by atoms with Crippen LogP contribution in [0.1, 0.15) is 39.7 Å². The molecule has 0 spiro atoms. The van der Waals surface area contributed by atoms with E-state index >= 15 is 0 Å². The molecule has 3 nitrogen and oxygen atoms in total. The Bertz CT molecular complexity index is 616. The molecule has 1 aromatic carbocycles. The molecule has 1 fully saturated rings. The average molecular weight is 322 g/mol. The molecule has 0 bridgehead atoms.